The molecule has 1 saturated heterocycles. The lowest BCUT2D eigenvalue weighted by Crippen LogP contribution is -2.09. The summed E-state index contributed by atoms with van der Waals surface area (Å²) in [6, 6.07) is 0. The minimum Gasteiger partial charge on any atom is -0.475 e. The van der Waals surface area contributed by atoms with Crippen molar-refractivity contribution in [3.8, 4) is 0 Å². The Kier molecular flexibility index (Phi) is 2.72. The van der Waals surface area contributed by atoms with Crippen LogP contribution in [0.4, 0.5) is 0 Å². The van der Waals surface area contributed by atoms with Crippen LogP contribution in [-0.2, 0) is 0 Å². The van der Waals surface area contributed by atoms with Gasteiger partial charge in [0.15, 0.2) is 0 Å². The molecule has 0 aromatic carbocycles. The number of aromatic carboxylic acids is 1. The summed E-state index contributed by atoms with van der Waals surface area (Å²) in [5.74, 6) is 1.43. The average molecular weight is 214 g/mol. The zero-order valence-electron chi connectivity index (χ0n) is 7.47. The van der Waals surface area contributed by atoms with Crippen molar-refractivity contribution in [2.45, 2.75) is 18.8 Å². The van der Waals surface area contributed by atoms with Crippen LogP contribution in [0.3, 0.4) is 0 Å². The molecule has 1 aliphatic rings. The van der Waals surface area contributed by atoms with Gasteiger partial charge in [0.25, 0.3) is 5.82 Å². The molecule has 1 fully saturated rings. The molecule has 5 nitrogen and oxygen atoms in total. The molecule has 2 rings (SSSR count). The van der Waals surface area contributed by atoms with Gasteiger partial charge in [-0.05, 0) is 23.8 Å². The first kappa shape index (κ1) is 9.51. The van der Waals surface area contributed by atoms with E-state index in [1.807, 2.05) is 11.8 Å². The number of rotatable bonds is 2. The molecule has 2 heterocycles. The lowest BCUT2D eigenvalue weighted by molar-refractivity contribution is 0.0680. The van der Waals surface area contributed by atoms with Gasteiger partial charge >= 0.3 is 5.97 Å². The quantitative estimate of drug-likeness (QED) is 0.801. The van der Waals surface area contributed by atoms with Crippen LogP contribution in [0.5, 0.6) is 0 Å². The van der Waals surface area contributed by atoms with E-state index in [1.54, 1.807) is 0 Å². The van der Waals surface area contributed by atoms with Crippen LogP contribution in [0.25, 0.3) is 0 Å². The van der Waals surface area contributed by atoms with Crippen molar-refractivity contribution in [2.24, 2.45) is 0 Å². The van der Waals surface area contributed by atoms with E-state index in [1.165, 1.54) is 0 Å². The summed E-state index contributed by atoms with van der Waals surface area (Å²) in [4.78, 5) is 14.3. The molecule has 0 saturated carbocycles. The summed E-state index contributed by atoms with van der Waals surface area (Å²) in [6.07, 6.45) is 2.13. The molecule has 0 aliphatic carbocycles. The fraction of sp³-hybridized carbons (Fsp3) is 0.625. The fourth-order valence-electron chi connectivity index (χ4n) is 1.42. The molecule has 0 radical (unpaired) electrons. The summed E-state index contributed by atoms with van der Waals surface area (Å²) in [5, 5.41) is 12.0. The molecule has 14 heavy (non-hydrogen) atoms. The number of aromatic nitrogens is 2. The van der Waals surface area contributed by atoms with E-state index in [-0.39, 0.29) is 11.7 Å². The lowest BCUT2D eigenvalue weighted by atomic mass is 10.1. The maximum absolute atomic E-state index is 10.5. The van der Waals surface area contributed by atoms with Crippen molar-refractivity contribution in [1.29, 1.82) is 0 Å². The standard InChI is InChI=1S/C8H10N2O3S/c11-8(12)6-9-7(13-10-6)5-2-1-3-14-4-5/h5H,1-4H2,(H,11,12). The highest BCUT2D eigenvalue weighted by molar-refractivity contribution is 7.99. The Morgan fingerprint density at radius 2 is 2.50 bits per heavy atom. The van der Waals surface area contributed by atoms with Crippen molar-refractivity contribution in [2.75, 3.05) is 11.5 Å². The average Bonchev–Trinajstić information content (AvgIpc) is 2.68. The molecule has 6 heteroatoms. The first-order valence-electron chi connectivity index (χ1n) is 4.42. The SMILES string of the molecule is O=C(O)c1noc(C2CCCSC2)n1. The van der Waals surface area contributed by atoms with Gasteiger partial charge in [-0.15, -0.1) is 0 Å². The zero-order valence-corrected chi connectivity index (χ0v) is 8.29. The van der Waals surface area contributed by atoms with Crippen LogP contribution >= 0.6 is 11.8 Å². The predicted octanol–water partition coefficient (Wildman–Crippen LogP) is 1.38. The highest BCUT2D eigenvalue weighted by Gasteiger charge is 2.23. The predicted molar refractivity (Wildman–Crippen MR) is 50.6 cm³/mol. The number of carboxylic acid groups (broad SMARTS) is 1. The van der Waals surface area contributed by atoms with Crippen molar-refractivity contribution < 1.29 is 14.4 Å². The minimum absolute atomic E-state index is 0.231. The van der Waals surface area contributed by atoms with Crippen molar-refractivity contribution in [1.82, 2.24) is 10.1 Å². The van der Waals surface area contributed by atoms with Gasteiger partial charge in [0.1, 0.15) is 0 Å². The van der Waals surface area contributed by atoms with E-state index in [0.29, 0.717) is 5.89 Å². The van der Waals surface area contributed by atoms with E-state index in [4.69, 9.17) is 9.63 Å². The van der Waals surface area contributed by atoms with Crippen molar-refractivity contribution in [3.05, 3.63) is 11.7 Å². The molecular weight excluding hydrogens is 204 g/mol. The van der Waals surface area contributed by atoms with Crippen LogP contribution < -0.4 is 0 Å². The first-order chi connectivity index (χ1) is 6.77. The van der Waals surface area contributed by atoms with Gasteiger partial charge in [-0.25, -0.2) is 4.79 Å². The largest absolute Gasteiger partial charge is 0.475 e. The Hall–Kier alpha value is -1.04. The maximum atomic E-state index is 10.5. The van der Waals surface area contributed by atoms with Gasteiger partial charge in [0.2, 0.25) is 5.89 Å². The lowest BCUT2D eigenvalue weighted by Gasteiger charge is -2.16. The van der Waals surface area contributed by atoms with E-state index in [9.17, 15) is 4.79 Å². The molecule has 1 aliphatic heterocycles. The third-order valence-electron chi connectivity index (χ3n) is 2.14. The number of hydrogen-bond acceptors (Lipinski definition) is 5. The number of nitrogens with zero attached hydrogens (tertiary/aromatic N) is 2. The van der Waals surface area contributed by atoms with Gasteiger partial charge < -0.3 is 9.63 Å². The van der Waals surface area contributed by atoms with E-state index >= 15 is 0 Å². The highest BCUT2D eigenvalue weighted by Crippen LogP contribution is 2.29. The molecule has 1 aromatic heterocycles. The molecule has 0 amide bonds. The second-order valence-electron chi connectivity index (χ2n) is 3.18. The Morgan fingerprint density at radius 1 is 1.64 bits per heavy atom. The van der Waals surface area contributed by atoms with Gasteiger partial charge in [-0.2, -0.15) is 16.7 Å². The summed E-state index contributed by atoms with van der Waals surface area (Å²) in [5.41, 5.74) is 0. The first-order valence-corrected chi connectivity index (χ1v) is 5.57. The topological polar surface area (TPSA) is 76.2 Å². The number of thioether (sulfide) groups is 1. The van der Waals surface area contributed by atoms with Crippen LogP contribution in [0.15, 0.2) is 4.52 Å². The highest BCUT2D eigenvalue weighted by atomic mass is 32.2. The normalized spacial score (nSPS) is 22.1. The van der Waals surface area contributed by atoms with Crippen LogP contribution in [0, 0.1) is 0 Å². The van der Waals surface area contributed by atoms with Crippen LogP contribution in [-0.4, -0.2) is 32.7 Å². The van der Waals surface area contributed by atoms with Gasteiger partial charge in [-0.1, -0.05) is 0 Å². The molecule has 0 bridgehead atoms. The second-order valence-corrected chi connectivity index (χ2v) is 4.33. The monoisotopic (exact) mass is 214 g/mol. The third kappa shape index (κ3) is 1.89. The Labute approximate surface area is 84.9 Å². The number of hydrogen-bond donors (Lipinski definition) is 1. The fourth-order valence-corrected chi connectivity index (χ4v) is 2.55. The molecule has 1 atom stereocenters. The molecular formula is C8H10N2O3S. The Balaban J connectivity index is 2.11. The maximum Gasteiger partial charge on any atom is 0.377 e. The number of carbonyl (C=O) groups is 1. The summed E-state index contributed by atoms with van der Waals surface area (Å²) < 4.78 is 4.91. The Morgan fingerprint density at radius 3 is 3.07 bits per heavy atom. The molecule has 1 unspecified atom stereocenters. The third-order valence-corrected chi connectivity index (χ3v) is 3.36. The van der Waals surface area contributed by atoms with Gasteiger partial charge in [0, 0.05) is 11.7 Å². The minimum atomic E-state index is -1.14. The van der Waals surface area contributed by atoms with Crippen LogP contribution in [0.2, 0.25) is 0 Å². The van der Waals surface area contributed by atoms with Gasteiger partial charge in [-0.3, -0.25) is 0 Å². The van der Waals surface area contributed by atoms with Crippen LogP contribution in [0.1, 0.15) is 35.3 Å². The van der Waals surface area contributed by atoms with E-state index < -0.39 is 5.97 Å². The summed E-state index contributed by atoms with van der Waals surface area (Å²) >= 11 is 1.84. The summed E-state index contributed by atoms with van der Waals surface area (Å²) in [7, 11) is 0. The molecule has 76 valence electrons. The van der Waals surface area contributed by atoms with Crippen molar-refractivity contribution in [3.63, 3.8) is 0 Å². The Bertz CT molecular complexity index is 333. The molecule has 0 spiro atoms. The molecule has 1 aromatic rings. The van der Waals surface area contributed by atoms with Crippen molar-refractivity contribution >= 4 is 17.7 Å². The second kappa shape index (κ2) is 4.00. The van der Waals surface area contributed by atoms with E-state index in [0.717, 1.165) is 24.3 Å². The summed E-state index contributed by atoms with van der Waals surface area (Å²) in [6.45, 7) is 0. The van der Waals surface area contributed by atoms with E-state index in [2.05, 4.69) is 10.1 Å². The smallest absolute Gasteiger partial charge is 0.377 e. The molecule has 1 N–H and O–H groups in total. The zero-order chi connectivity index (χ0) is 9.97. The van der Waals surface area contributed by atoms with Gasteiger partial charge in [0.05, 0.1) is 0 Å². The number of carboxylic acids is 1.